The normalized spacial score (nSPS) is 11.9. The Kier molecular flexibility index (Phi) is 5.31. The summed E-state index contributed by atoms with van der Waals surface area (Å²) in [6, 6.07) is 54.1. The molecule has 2 heterocycles. The fourth-order valence-corrected chi connectivity index (χ4v) is 7.52. The number of furan rings is 2. The van der Waals surface area contributed by atoms with Crippen molar-refractivity contribution < 1.29 is 8.83 Å². The van der Waals surface area contributed by atoms with Crippen LogP contribution >= 0.6 is 0 Å². The number of hydrogen-bond acceptors (Lipinski definition) is 2. The Hall–Kier alpha value is -6.12. The Bertz CT molecular complexity index is 2740. The predicted octanol–water partition coefficient (Wildman–Crippen LogP) is 12.8. The van der Waals surface area contributed by atoms with Gasteiger partial charge < -0.3 is 8.83 Å². The number of rotatable bonds is 3. The number of hydrogen-bond donors (Lipinski definition) is 0. The third kappa shape index (κ3) is 3.59. The van der Waals surface area contributed by atoms with Gasteiger partial charge in [-0.3, -0.25) is 0 Å². The second-order valence-corrected chi connectivity index (χ2v) is 12.0. The van der Waals surface area contributed by atoms with Crippen LogP contribution in [0.1, 0.15) is 0 Å². The van der Waals surface area contributed by atoms with E-state index in [1.54, 1.807) is 0 Å². The molecule has 10 rings (SSSR count). The molecule has 0 N–H and O–H groups in total. The summed E-state index contributed by atoms with van der Waals surface area (Å²) < 4.78 is 12.9. The monoisotopic (exact) mass is 586 g/mol. The molecule has 8 aromatic carbocycles. The molecular formula is C44H26O2. The molecule has 2 heteroatoms. The van der Waals surface area contributed by atoms with E-state index >= 15 is 0 Å². The summed E-state index contributed by atoms with van der Waals surface area (Å²) >= 11 is 0. The minimum Gasteiger partial charge on any atom is -0.463 e. The molecule has 0 bridgehead atoms. The number of fused-ring (bicyclic) bond motifs is 8. The lowest BCUT2D eigenvalue weighted by Crippen LogP contribution is -1.91. The summed E-state index contributed by atoms with van der Waals surface area (Å²) in [5, 5.41) is 10.5. The van der Waals surface area contributed by atoms with Gasteiger partial charge >= 0.3 is 0 Å². The second kappa shape index (κ2) is 9.69. The smallest absolute Gasteiger partial charge is 0.146 e. The molecule has 2 aromatic heterocycles. The molecule has 0 unspecified atom stereocenters. The summed E-state index contributed by atoms with van der Waals surface area (Å²) in [7, 11) is 0. The first-order valence-corrected chi connectivity index (χ1v) is 15.7. The highest BCUT2D eigenvalue weighted by Gasteiger charge is 2.22. The van der Waals surface area contributed by atoms with Gasteiger partial charge in [-0.25, -0.2) is 0 Å². The van der Waals surface area contributed by atoms with E-state index in [9.17, 15) is 0 Å². The highest BCUT2D eigenvalue weighted by Crippen LogP contribution is 2.48. The van der Waals surface area contributed by atoms with Gasteiger partial charge in [0.05, 0.1) is 11.6 Å². The van der Waals surface area contributed by atoms with Crippen LogP contribution < -0.4 is 0 Å². The van der Waals surface area contributed by atoms with E-state index < -0.39 is 0 Å². The fourth-order valence-electron chi connectivity index (χ4n) is 7.52. The maximum absolute atomic E-state index is 6.54. The fraction of sp³-hybridized carbons (Fsp3) is 0. The largest absolute Gasteiger partial charge is 0.463 e. The molecule has 0 atom stereocenters. The first-order chi connectivity index (χ1) is 22.8. The van der Waals surface area contributed by atoms with Crippen LogP contribution in [0.4, 0.5) is 0 Å². The van der Waals surface area contributed by atoms with Gasteiger partial charge in [-0.2, -0.15) is 0 Å². The molecule has 214 valence electrons. The second-order valence-electron chi connectivity index (χ2n) is 12.0. The lowest BCUT2D eigenvalue weighted by molar-refractivity contribution is 0.619. The van der Waals surface area contributed by atoms with Crippen molar-refractivity contribution >= 4 is 65.2 Å². The van der Waals surface area contributed by atoms with Gasteiger partial charge in [0.1, 0.15) is 16.7 Å². The summed E-state index contributed by atoms with van der Waals surface area (Å²) in [6.07, 6.45) is 1.88. The van der Waals surface area contributed by atoms with E-state index in [1.807, 2.05) is 12.3 Å². The van der Waals surface area contributed by atoms with Gasteiger partial charge in [0.25, 0.3) is 0 Å². The first-order valence-electron chi connectivity index (χ1n) is 15.7. The van der Waals surface area contributed by atoms with E-state index in [-0.39, 0.29) is 0 Å². The predicted molar refractivity (Wildman–Crippen MR) is 192 cm³/mol. The summed E-state index contributed by atoms with van der Waals surface area (Å²) in [6.45, 7) is 0. The van der Waals surface area contributed by atoms with Gasteiger partial charge in [0.15, 0.2) is 0 Å². The van der Waals surface area contributed by atoms with Crippen LogP contribution in [0.2, 0.25) is 0 Å². The molecule has 0 aliphatic carbocycles. The molecule has 0 saturated heterocycles. The maximum atomic E-state index is 6.54. The van der Waals surface area contributed by atoms with Crippen LogP contribution in [-0.4, -0.2) is 0 Å². The Balaban J connectivity index is 1.32. The van der Waals surface area contributed by atoms with Crippen molar-refractivity contribution in [3.63, 3.8) is 0 Å². The number of benzene rings is 8. The van der Waals surface area contributed by atoms with Gasteiger partial charge in [0.2, 0.25) is 0 Å². The van der Waals surface area contributed by atoms with Crippen molar-refractivity contribution in [1.29, 1.82) is 0 Å². The zero-order valence-electron chi connectivity index (χ0n) is 24.8. The molecule has 0 radical (unpaired) electrons. The zero-order valence-corrected chi connectivity index (χ0v) is 24.8. The molecule has 0 spiro atoms. The summed E-state index contributed by atoms with van der Waals surface area (Å²) in [4.78, 5) is 0. The van der Waals surface area contributed by atoms with Crippen molar-refractivity contribution in [2.24, 2.45) is 0 Å². The molecule has 0 amide bonds. The van der Waals surface area contributed by atoms with E-state index in [0.29, 0.717) is 0 Å². The molecule has 2 nitrogen and oxygen atoms in total. The van der Waals surface area contributed by atoms with Gasteiger partial charge in [-0.15, -0.1) is 0 Å². The molecule has 46 heavy (non-hydrogen) atoms. The van der Waals surface area contributed by atoms with E-state index in [1.165, 1.54) is 49.0 Å². The van der Waals surface area contributed by atoms with Crippen LogP contribution in [0.5, 0.6) is 0 Å². The average molecular weight is 587 g/mol. The molecular weight excluding hydrogens is 560 g/mol. The third-order valence-corrected chi connectivity index (χ3v) is 9.52. The quantitative estimate of drug-likeness (QED) is 0.193. The van der Waals surface area contributed by atoms with Crippen LogP contribution in [0.15, 0.2) is 167 Å². The Morgan fingerprint density at radius 2 is 1.02 bits per heavy atom. The average Bonchev–Trinajstić information content (AvgIpc) is 3.72. The zero-order chi connectivity index (χ0) is 30.2. The highest BCUT2D eigenvalue weighted by molar-refractivity contribution is 6.28. The Morgan fingerprint density at radius 1 is 0.370 bits per heavy atom. The Morgan fingerprint density at radius 3 is 1.78 bits per heavy atom. The minimum atomic E-state index is 0.824. The first kappa shape index (κ1) is 25.2. The van der Waals surface area contributed by atoms with E-state index in [4.69, 9.17) is 8.83 Å². The van der Waals surface area contributed by atoms with Gasteiger partial charge in [-0.05, 0) is 84.4 Å². The summed E-state index contributed by atoms with van der Waals surface area (Å²) in [5.41, 5.74) is 9.56. The molecule has 10 aromatic rings. The van der Waals surface area contributed by atoms with Crippen molar-refractivity contribution in [2.45, 2.75) is 0 Å². The van der Waals surface area contributed by atoms with Crippen molar-refractivity contribution in [1.82, 2.24) is 0 Å². The maximum Gasteiger partial charge on any atom is 0.146 e. The molecule has 0 aliphatic heterocycles. The van der Waals surface area contributed by atoms with Gasteiger partial charge in [-0.1, -0.05) is 127 Å². The molecule has 0 fully saturated rings. The molecule has 0 saturated carbocycles. The topological polar surface area (TPSA) is 26.3 Å². The van der Waals surface area contributed by atoms with Crippen molar-refractivity contribution in [3.05, 3.63) is 158 Å². The lowest BCUT2D eigenvalue weighted by Gasteiger charge is -2.18. The highest BCUT2D eigenvalue weighted by atomic mass is 16.3. The van der Waals surface area contributed by atoms with E-state index in [2.05, 4.69) is 146 Å². The molecule has 0 aliphatic rings. The summed E-state index contributed by atoms with van der Waals surface area (Å²) in [5.74, 6) is 0. The lowest BCUT2D eigenvalue weighted by atomic mass is 9.84. The van der Waals surface area contributed by atoms with Crippen LogP contribution in [0.25, 0.3) is 98.6 Å². The SMILES string of the molecule is c1ccc(-c2coc3c2ccc2oc4cccc(-c5c6ccccc6c(-c6ccc7ccccc7c6)c6ccccc56)c4c23)cc1. The van der Waals surface area contributed by atoms with Crippen molar-refractivity contribution in [3.8, 4) is 33.4 Å². The Labute approximate surface area is 264 Å². The van der Waals surface area contributed by atoms with Gasteiger partial charge in [0, 0.05) is 16.3 Å². The van der Waals surface area contributed by atoms with Crippen LogP contribution in [0.3, 0.4) is 0 Å². The minimum absolute atomic E-state index is 0.824. The standard InChI is InChI=1S/C44H26O2/c1-2-12-28(13-3-1)37-26-45-44-35(37)23-24-39-43(44)42-36(19-10-20-38(42)46-39)41-33-17-8-6-15-31(33)40(32-16-7-9-18-34(32)41)30-22-21-27-11-4-5-14-29(27)25-30/h1-26H. The third-order valence-electron chi connectivity index (χ3n) is 9.52. The van der Waals surface area contributed by atoms with E-state index in [0.717, 1.165) is 49.6 Å². The van der Waals surface area contributed by atoms with Crippen LogP contribution in [0, 0.1) is 0 Å². The van der Waals surface area contributed by atoms with Crippen molar-refractivity contribution in [2.75, 3.05) is 0 Å². The van der Waals surface area contributed by atoms with Crippen LogP contribution in [-0.2, 0) is 0 Å².